The molecule has 0 aliphatic heterocycles. The molecule has 0 aliphatic carbocycles. The molecule has 0 fully saturated rings. The molecule has 0 atom stereocenters. The third-order valence-corrected chi connectivity index (χ3v) is 1.84. The zero-order chi connectivity index (χ0) is 9.80. The zero-order valence-corrected chi connectivity index (χ0v) is 7.97. The van der Waals surface area contributed by atoms with E-state index in [9.17, 15) is 0 Å². The van der Waals surface area contributed by atoms with Crippen molar-refractivity contribution in [3.63, 3.8) is 0 Å². The number of nitrogens with zero attached hydrogens (tertiary/aromatic N) is 3. The molecule has 0 bridgehead atoms. The first kappa shape index (κ1) is 8.96. The molecule has 0 amide bonds. The van der Waals surface area contributed by atoms with Crippen LogP contribution in [0.4, 0.5) is 0 Å². The summed E-state index contributed by atoms with van der Waals surface area (Å²) in [5.74, 6) is 0.818. The minimum absolute atomic E-state index is 0.629. The van der Waals surface area contributed by atoms with Gasteiger partial charge in [-0.1, -0.05) is 5.16 Å². The van der Waals surface area contributed by atoms with Crippen molar-refractivity contribution in [3.05, 3.63) is 36.0 Å². The molecular weight excluding hydrogens is 180 g/mol. The monoisotopic (exact) mass is 192 g/mol. The van der Waals surface area contributed by atoms with Crippen LogP contribution in [0, 0.1) is 0 Å². The summed E-state index contributed by atoms with van der Waals surface area (Å²) in [5, 5.41) is 11.0. The summed E-state index contributed by atoms with van der Waals surface area (Å²) in [5.41, 5.74) is 0.912. The normalized spacial score (nSPS) is 10.6. The summed E-state index contributed by atoms with van der Waals surface area (Å²) in [6, 6.07) is 3.81. The van der Waals surface area contributed by atoms with E-state index in [1.807, 2.05) is 25.4 Å². The number of nitrogens with one attached hydrogen (secondary N) is 1. The lowest BCUT2D eigenvalue weighted by molar-refractivity contribution is 0.365. The molecule has 0 aliphatic rings. The van der Waals surface area contributed by atoms with E-state index in [1.165, 1.54) is 0 Å². The average Bonchev–Trinajstić information content (AvgIpc) is 2.79. The lowest BCUT2D eigenvalue weighted by Crippen LogP contribution is -2.04. The van der Waals surface area contributed by atoms with Gasteiger partial charge in [0.1, 0.15) is 6.54 Å². The second-order valence-corrected chi connectivity index (χ2v) is 3.02. The van der Waals surface area contributed by atoms with E-state index in [-0.39, 0.29) is 0 Å². The number of hydrogen-bond acceptors (Lipinski definition) is 4. The number of aromatic nitrogens is 3. The molecule has 0 spiro atoms. The molecule has 2 aromatic heterocycles. The van der Waals surface area contributed by atoms with Crippen molar-refractivity contribution in [2.45, 2.75) is 13.1 Å². The van der Waals surface area contributed by atoms with Gasteiger partial charge in [0.2, 0.25) is 0 Å². The Labute approximate surface area is 81.7 Å². The molecule has 0 unspecified atom stereocenters. The van der Waals surface area contributed by atoms with Crippen LogP contribution in [-0.2, 0) is 13.1 Å². The average molecular weight is 192 g/mol. The molecule has 0 saturated heterocycles. The van der Waals surface area contributed by atoms with E-state index >= 15 is 0 Å². The minimum Gasteiger partial charge on any atom is -0.359 e. The first-order valence-corrected chi connectivity index (χ1v) is 4.45. The standard InChI is InChI=1S/C9H12N4O/c1-10-6-8-5-9(14-12-8)7-13-4-2-3-11-13/h2-5,10H,6-7H2,1H3. The van der Waals surface area contributed by atoms with E-state index < -0.39 is 0 Å². The second-order valence-electron chi connectivity index (χ2n) is 3.02. The van der Waals surface area contributed by atoms with Crippen molar-refractivity contribution in [1.82, 2.24) is 20.3 Å². The smallest absolute Gasteiger partial charge is 0.158 e. The van der Waals surface area contributed by atoms with Gasteiger partial charge in [-0.25, -0.2) is 0 Å². The van der Waals surface area contributed by atoms with Gasteiger partial charge in [-0.3, -0.25) is 4.68 Å². The lowest BCUT2D eigenvalue weighted by atomic mass is 10.3. The highest BCUT2D eigenvalue weighted by Gasteiger charge is 2.03. The fraction of sp³-hybridized carbons (Fsp3) is 0.333. The Kier molecular flexibility index (Phi) is 2.60. The predicted octanol–water partition coefficient (Wildman–Crippen LogP) is 0.639. The largest absolute Gasteiger partial charge is 0.359 e. The number of rotatable bonds is 4. The highest BCUT2D eigenvalue weighted by atomic mass is 16.5. The lowest BCUT2D eigenvalue weighted by Gasteiger charge is -1.94. The Morgan fingerprint density at radius 1 is 1.57 bits per heavy atom. The van der Waals surface area contributed by atoms with E-state index in [0.29, 0.717) is 6.54 Å². The number of hydrogen-bond donors (Lipinski definition) is 1. The zero-order valence-electron chi connectivity index (χ0n) is 7.97. The molecule has 5 heteroatoms. The fourth-order valence-corrected chi connectivity index (χ4v) is 1.25. The van der Waals surface area contributed by atoms with Crippen molar-refractivity contribution in [2.75, 3.05) is 7.05 Å². The Morgan fingerprint density at radius 2 is 2.50 bits per heavy atom. The summed E-state index contributed by atoms with van der Waals surface area (Å²) in [6.07, 6.45) is 3.63. The van der Waals surface area contributed by atoms with E-state index in [0.717, 1.165) is 18.0 Å². The van der Waals surface area contributed by atoms with Crippen LogP contribution >= 0.6 is 0 Å². The molecule has 74 valence electrons. The maximum atomic E-state index is 5.14. The van der Waals surface area contributed by atoms with Gasteiger partial charge in [-0.15, -0.1) is 0 Å². The molecule has 0 saturated carbocycles. The van der Waals surface area contributed by atoms with Crippen molar-refractivity contribution in [3.8, 4) is 0 Å². The summed E-state index contributed by atoms with van der Waals surface area (Å²) in [7, 11) is 1.88. The van der Waals surface area contributed by atoms with Gasteiger partial charge in [0, 0.05) is 25.0 Å². The summed E-state index contributed by atoms with van der Waals surface area (Å²) >= 11 is 0. The molecule has 0 aromatic carbocycles. The van der Waals surface area contributed by atoms with E-state index in [1.54, 1.807) is 10.9 Å². The van der Waals surface area contributed by atoms with Crippen LogP contribution < -0.4 is 5.32 Å². The first-order chi connectivity index (χ1) is 6.88. The van der Waals surface area contributed by atoms with Crippen LogP contribution in [0.25, 0.3) is 0 Å². The minimum atomic E-state index is 0.629. The van der Waals surface area contributed by atoms with Gasteiger partial charge in [0.15, 0.2) is 5.76 Å². The molecule has 2 aromatic rings. The molecule has 5 nitrogen and oxygen atoms in total. The van der Waals surface area contributed by atoms with E-state index in [2.05, 4.69) is 15.6 Å². The van der Waals surface area contributed by atoms with Gasteiger partial charge in [0.25, 0.3) is 0 Å². The quantitative estimate of drug-likeness (QED) is 0.772. The molecule has 2 heterocycles. The fourth-order valence-electron chi connectivity index (χ4n) is 1.25. The van der Waals surface area contributed by atoms with Gasteiger partial charge in [0.05, 0.1) is 5.69 Å². The van der Waals surface area contributed by atoms with Crippen molar-refractivity contribution in [2.24, 2.45) is 0 Å². The molecule has 0 radical (unpaired) electrons. The van der Waals surface area contributed by atoms with Crippen LogP contribution in [0.1, 0.15) is 11.5 Å². The third kappa shape index (κ3) is 2.00. The van der Waals surface area contributed by atoms with Crippen LogP contribution in [0.5, 0.6) is 0 Å². The Bertz CT molecular complexity index is 379. The third-order valence-electron chi connectivity index (χ3n) is 1.84. The Morgan fingerprint density at radius 3 is 3.21 bits per heavy atom. The van der Waals surface area contributed by atoms with E-state index in [4.69, 9.17) is 4.52 Å². The van der Waals surface area contributed by atoms with Gasteiger partial charge in [-0.05, 0) is 13.1 Å². The highest BCUT2D eigenvalue weighted by molar-refractivity contribution is 5.05. The van der Waals surface area contributed by atoms with Crippen molar-refractivity contribution < 1.29 is 4.52 Å². The summed E-state index contributed by atoms with van der Waals surface area (Å²) in [4.78, 5) is 0. The maximum absolute atomic E-state index is 5.14. The molecular formula is C9H12N4O. The van der Waals surface area contributed by atoms with Gasteiger partial charge < -0.3 is 9.84 Å². The SMILES string of the molecule is CNCc1cc(Cn2cccn2)on1. The predicted molar refractivity (Wildman–Crippen MR) is 50.6 cm³/mol. The molecule has 1 N–H and O–H groups in total. The Balaban J connectivity index is 2.03. The topological polar surface area (TPSA) is 55.9 Å². The second kappa shape index (κ2) is 4.06. The summed E-state index contributed by atoms with van der Waals surface area (Å²) in [6.45, 7) is 1.35. The van der Waals surface area contributed by atoms with Crippen LogP contribution in [-0.4, -0.2) is 22.0 Å². The van der Waals surface area contributed by atoms with Crippen LogP contribution in [0.2, 0.25) is 0 Å². The van der Waals surface area contributed by atoms with Crippen LogP contribution in [0.3, 0.4) is 0 Å². The Hall–Kier alpha value is -1.62. The maximum Gasteiger partial charge on any atom is 0.158 e. The van der Waals surface area contributed by atoms with Gasteiger partial charge >= 0.3 is 0 Å². The van der Waals surface area contributed by atoms with Gasteiger partial charge in [-0.2, -0.15) is 5.10 Å². The molecule has 14 heavy (non-hydrogen) atoms. The van der Waals surface area contributed by atoms with Crippen LogP contribution in [0.15, 0.2) is 29.0 Å². The first-order valence-electron chi connectivity index (χ1n) is 4.45. The molecule has 2 rings (SSSR count). The highest BCUT2D eigenvalue weighted by Crippen LogP contribution is 2.04. The van der Waals surface area contributed by atoms with Crippen molar-refractivity contribution in [1.29, 1.82) is 0 Å². The van der Waals surface area contributed by atoms with Crippen molar-refractivity contribution >= 4 is 0 Å². The summed E-state index contributed by atoms with van der Waals surface area (Å²) < 4.78 is 6.93.